The summed E-state index contributed by atoms with van der Waals surface area (Å²) in [4.78, 5) is 26.3. The number of likely N-dealkylation sites (tertiary alicyclic amines) is 1. The Morgan fingerprint density at radius 1 is 0.839 bits per heavy atom. The number of ketones is 1. The maximum Gasteiger partial charge on any atom is 0.416 e. The summed E-state index contributed by atoms with van der Waals surface area (Å²) in [5.41, 5.74) is 7.24. The zero-order valence-electron chi connectivity index (χ0n) is 32.4. The van der Waals surface area contributed by atoms with E-state index in [1.54, 1.807) is 32.4 Å². The number of phenols is 2. The number of anilines is 1. The first-order valence-corrected chi connectivity index (χ1v) is 19.2. The standard InChI is InChI=1S/C45H49F3N4O4/c1-5-7-32-23-35(26-42(56-4)43(32)29(3)53)40-21-30(13-17-50-40)27-51-19-15-38(16-20-51)52(37-11-9-36(10-12-37)45(46,47)48)28-31-14-18-49-39(22-31)34-24-33(8-6-2)44(55)41(54)25-34/h9-14,17-18,21-26,38,54-55H,5-8,15-16,19-20,27-28H2,1-4H3. The van der Waals surface area contributed by atoms with E-state index in [1.165, 1.54) is 6.07 Å². The monoisotopic (exact) mass is 766 g/mol. The van der Waals surface area contributed by atoms with Gasteiger partial charge in [0.25, 0.3) is 0 Å². The molecule has 0 bridgehead atoms. The van der Waals surface area contributed by atoms with Crippen molar-refractivity contribution in [2.24, 2.45) is 0 Å². The third-order valence-corrected chi connectivity index (χ3v) is 10.5. The Kier molecular flexibility index (Phi) is 12.6. The third-order valence-electron chi connectivity index (χ3n) is 10.5. The fourth-order valence-corrected chi connectivity index (χ4v) is 7.71. The van der Waals surface area contributed by atoms with Crippen LogP contribution in [0.4, 0.5) is 18.9 Å². The van der Waals surface area contributed by atoms with Gasteiger partial charge in [-0.15, -0.1) is 0 Å². The number of benzene rings is 3. The van der Waals surface area contributed by atoms with E-state index < -0.39 is 11.7 Å². The van der Waals surface area contributed by atoms with Gasteiger partial charge in [0.1, 0.15) is 5.75 Å². The molecule has 2 N–H and O–H groups in total. The van der Waals surface area contributed by atoms with E-state index in [4.69, 9.17) is 4.74 Å². The van der Waals surface area contributed by atoms with Crippen LogP contribution < -0.4 is 9.64 Å². The molecule has 1 aliphatic heterocycles. The van der Waals surface area contributed by atoms with Gasteiger partial charge in [0.2, 0.25) is 0 Å². The molecule has 0 unspecified atom stereocenters. The van der Waals surface area contributed by atoms with Crippen LogP contribution in [0, 0.1) is 0 Å². The summed E-state index contributed by atoms with van der Waals surface area (Å²) in [7, 11) is 1.58. The minimum absolute atomic E-state index is 0.0273. The Bertz CT molecular complexity index is 2150. The number of carbonyl (C=O) groups excluding carboxylic acids is 1. The first-order chi connectivity index (χ1) is 26.9. The highest BCUT2D eigenvalue weighted by atomic mass is 19.4. The molecule has 0 amide bonds. The van der Waals surface area contributed by atoms with Crippen LogP contribution in [0.2, 0.25) is 0 Å². The van der Waals surface area contributed by atoms with Gasteiger partial charge in [0, 0.05) is 61.4 Å². The van der Waals surface area contributed by atoms with Gasteiger partial charge < -0.3 is 19.8 Å². The molecule has 5 aromatic rings. The summed E-state index contributed by atoms with van der Waals surface area (Å²) in [6.45, 7) is 8.36. The molecule has 0 spiro atoms. The summed E-state index contributed by atoms with van der Waals surface area (Å²) in [5.74, 6) is 0.191. The molecule has 0 aliphatic carbocycles. The van der Waals surface area contributed by atoms with E-state index in [0.717, 1.165) is 85.3 Å². The molecule has 2 aromatic heterocycles. The molecule has 56 heavy (non-hydrogen) atoms. The summed E-state index contributed by atoms with van der Waals surface area (Å²) in [6.07, 6.45) is 3.70. The SMILES string of the molecule is CCCc1cc(-c2cc(CN(c3ccc(C(F)(F)F)cc3)C3CCN(Cc4ccnc(-c5cc(CCC)c(C(C)=O)c(OC)c5)c4)CC3)ccn2)cc(O)c1O. The Morgan fingerprint density at radius 3 is 2.04 bits per heavy atom. The van der Waals surface area contributed by atoms with E-state index >= 15 is 0 Å². The second-order valence-corrected chi connectivity index (χ2v) is 14.6. The molecule has 294 valence electrons. The lowest BCUT2D eigenvalue weighted by molar-refractivity contribution is -0.137. The van der Waals surface area contributed by atoms with Crippen LogP contribution in [0.25, 0.3) is 22.5 Å². The minimum atomic E-state index is -4.43. The zero-order valence-corrected chi connectivity index (χ0v) is 32.4. The first-order valence-electron chi connectivity index (χ1n) is 19.2. The molecule has 0 saturated carbocycles. The number of aryl methyl sites for hydroxylation is 2. The smallest absolute Gasteiger partial charge is 0.416 e. The van der Waals surface area contributed by atoms with Crippen LogP contribution in [0.1, 0.15) is 84.6 Å². The quantitative estimate of drug-likeness (QED) is 0.0852. The average molecular weight is 767 g/mol. The molecular weight excluding hydrogens is 718 g/mol. The Hall–Kier alpha value is -5.42. The molecule has 1 saturated heterocycles. The van der Waals surface area contributed by atoms with Crippen molar-refractivity contribution in [3.8, 4) is 39.8 Å². The normalized spacial score (nSPS) is 13.8. The van der Waals surface area contributed by atoms with E-state index in [2.05, 4.69) is 32.8 Å². The Labute approximate surface area is 326 Å². The number of methoxy groups -OCH3 is 1. The van der Waals surface area contributed by atoms with Crippen LogP contribution in [-0.2, 0) is 32.1 Å². The van der Waals surface area contributed by atoms with Crippen molar-refractivity contribution in [1.29, 1.82) is 0 Å². The molecule has 3 heterocycles. The van der Waals surface area contributed by atoms with Crippen molar-refractivity contribution in [2.45, 2.75) is 84.6 Å². The van der Waals surface area contributed by atoms with Crippen molar-refractivity contribution in [1.82, 2.24) is 14.9 Å². The van der Waals surface area contributed by atoms with Crippen LogP contribution in [0.15, 0.2) is 85.2 Å². The second-order valence-electron chi connectivity index (χ2n) is 14.6. The number of phenolic OH excluding ortho intramolecular Hbond substituents is 2. The Morgan fingerprint density at radius 2 is 1.43 bits per heavy atom. The third kappa shape index (κ3) is 9.33. The predicted molar refractivity (Wildman–Crippen MR) is 213 cm³/mol. The van der Waals surface area contributed by atoms with E-state index in [-0.39, 0.29) is 23.3 Å². The second kappa shape index (κ2) is 17.6. The lowest BCUT2D eigenvalue weighted by Crippen LogP contribution is -2.44. The topological polar surface area (TPSA) is 99.0 Å². The Balaban J connectivity index is 1.21. The van der Waals surface area contributed by atoms with Crippen molar-refractivity contribution in [3.05, 3.63) is 119 Å². The van der Waals surface area contributed by atoms with Crippen LogP contribution in [-0.4, -0.2) is 57.1 Å². The maximum atomic E-state index is 13.5. The van der Waals surface area contributed by atoms with Crippen molar-refractivity contribution >= 4 is 11.5 Å². The van der Waals surface area contributed by atoms with Gasteiger partial charge in [-0.05, 0) is 128 Å². The van der Waals surface area contributed by atoms with E-state index in [9.17, 15) is 28.2 Å². The summed E-state index contributed by atoms with van der Waals surface area (Å²) < 4.78 is 46.3. The fourth-order valence-electron chi connectivity index (χ4n) is 7.71. The molecule has 8 nitrogen and oxygen atoms in total. The number of piperidine rings is 1. The van der Waals surface area contributed by atoms with Crippen molar-refractivity contribution < 1.29 is 32.9 Å². The highest BCUT2D eigenvalue weighted by Crippen LogP contribution is 2.37. The van der Waals surface area contributed by atoms with Gasteiger partial charge in [0.05, 0.1) is 29.6 Å². The van der Waals surface area contributed by atoms with Gasteiger partial charge in [-0.1, -0.05) is 26.7 Å². The van der Waals surface area contributed by atoms with Crippen molar-refractivity contribution in [2.75, 3.05) is 25.1 Å². The minimum Gasteiger partial charge on any atom is -0.504 e. The molecule has 1 fully saturated rings. The highest BCUT2D eigenvalue weighted by molar-refractivity contribution is 5.99. The number of alkyl halides is 3. The number of pyridine rings is 2. The van der Waals surface area contributed by atoms with Gasteiger partial charge in [-0.3, -0.25) is 19.7 Å². The van der Waals surface area contributed by atoms with E-state index in [0.29, 0.717) is 53.3 Å². The van der Waals surface area contributed by atoms with E-state index in [1.807, 2.05) is 49.5 Å². The van der Waals surface area contributed by atoms with Crippen molar-refractivity contribution in [3.63, 3.8) is 0 Å². The number of hydrogen-bond acceptors (Lipinski definition) is 8. The molecule has 0 atom stereocenters. The number of halogens is 3. The predicted octanol–water partition coefficient (Wildman–Crippen LogP) is 10.0. The number of hydrogen-bond donors (Lipinski definition) is 2. The fraction of sp³-hybridized carbons (Fsp3) is 0.356. The largest absolute Gasteiger partial charge is 0.504 e. The number of rotatable bonds is 14. The zero-order chi connectivity index (χ0) is 40.0. The van der Waals surface area contributed by atoms with Crippen LogP contribution >= 0.6 is 0 Å². The summed E-state index contributed by atoms with van der Waals surface area (Å²) >= 11 is 0. The maximum absolute atomic E-state index is 13.5. The molecular formula is C45H49F3N4O4. The van der Waals surface area contributed by atoms with Crippen LogP contribution in [0.5, 0.6) is 17.2 Å². The molecule has 11 heteroatoms. The molecule has 6 rings (SSSR count). The molecule has 1 aliphatic rings. The number of carbonyl (C=O) groups is 1. The number of Topliss-reactive ketones (excluding diaryl/α,β-unsaturated/α-hetero) is 1. The average Bonchev–Trinajstić information content (AvgIpc) is 3.18. The summed E-state index contributed by atoms with van der Waals surface area (Å²) in [6, 6.07) is 20.6. The highest BCUT2D eigenvalue weighted by Gasteiger charge is 2.31. The lowest BCUT2D eigenvalue weighted by atomic mass is 9.95. The van der Waals surface area contributed by atoms with Gasteiger partial charge in [-0.25, -0.2) is 0 Å². The number of ether oxygens (including phenoxy) is 1. The van der Waals surface area contributed by atoms with Gasteiger partial charge >= 0.3 is 6.18 Å². The van der Waals surface area contributed by atoms with Crippen LogP contribution in [0.3, 0.4) is 0 Å². The molecule has 0 radical (unpaired) electrons. The van der Waals surface area contributed by atoms with Gasteiger partial charge in [-0.2, -0.15) is 13.2 Å². The first kappa shape index (κ1) is 40.2. The number of aromatic hydroxyl groups is 2. The molecule has 3 aromatic carbocycles. The lowest BCUT2D eigenvalue weighted by Gasteiger charge is -2.40. The van der Waals surface area contributed by atoms with Gasteiger partial charge in [0.15, 0.2) is 17.3 Å². The summed E-state index contributed by atoms with van der Waals surface area (Å²) in [5, 5.41) is 20.8. The number of nitrogens with zero attached hydrogens (tertiary/aromatic N) is 4. The number of aromatic nitrogens is 2.